The van der Waals surface area contributed by atoms with E-state index in [2.05, 4.69) is 15.0 Å². The van der Waals surface area contributed by atoms with Gasteiger partial charge in [0.15, 0.2) is 0 Å². The molecule has 1 aliphatic rings. The molecule has 0 unspecified atom stereocenters. The number of amides is 1. The number of nitrogens with zero attached hydrogens (tertiary/aromatic N) is 5. The second kappa shape index (κ2) is 4.04. The van der Waals surface area contributed by atoms with Gasteiger partial charge in [0, 0.05) is 10.6 Å². The van der Waals surface area contributed by atoms with Crippen LogP contribution in [0.3, 0.4) is 0 Å². The normalized spacial score (nSPS) is 14.7. The fourth-order valence-corrected chi connectivity index (χ4v) is 1.58. The molecule has 16 heavy (non-hydrogen) atoms. The van der Waals surface area contributed by atoms with Gasteiger partial charge in [-0.2, -0.15) is 0 Å². The first-order chi connectivity index (χ1) is 7.72. The highest BCUT2D eigenvalue weighted by Crippen LogP contribution is 2.24. The smallest absolute Gasteiger partial charge is 0.254 e. The molecule has 0 aromatic heterocycles. The van der Waals surface area contributed by atoms with Gasteiger partial charge in [0.2, 0.25) is 0 Å². The number of azide groups is 1. The number of hydrogen-bond donors (Lipinski definition) is 0. The molecule has 0 bridgehead atoms. The van der Waals surface area contributed by atoms with Crippen molar-refractivity contribution in [3.05, 3.63) is 34.7 Å². The molecule has 1 heterocycles. The molecule has 80 valence electrons. The van der Waals surface area contributed by atoms with Crippen molar-refractivity contribution in [2.45, 2.75) is 6.92 Å². The van der Waals surface area contributed by atoms with E-state index >= 15 is 0 Å². The fourth-order valence-electron chi connectivity index (χ4n) is 1.58. The quantitative estimate of drug-likeness (QED) is 0.423. The van der Waals surface area contributed by atoms with E-state index in [4.69, 9.17) is 5.53 Å². The number of hydrogen-bond acceptors (Lipinski definition) is 3. The Morgan fingerprint density at radius 2 is 2.38 bits per heavy atom. The Labute approximate surface area is 91.8 Å². The number of aliphatic imine (C=N–C) groups is 1. The summed E-state index contributed by atoms with van der Waals surface area (Å²) >= 11 is 0. The Kier molecular flexibility index (Phi) is 2.57. The fraction of sp³-hybridized carbons (Fsp3) is 0.200. The Bertz CT molecular complexity index is 516. The predicted octanol–water partition coefficient (Wildman–Crippen LogP) is 2.39. The van der Waals surface area contributed by atoms with Gasteiger partial charge in [-0.05, 0) is 24.6 Å². The summed E-state index contributed by atoms with van der Waals surface area (Å²) < 4.78 is 0. The van der Waals surface area contributed by atoms with E-state index in [-0.39, 0.29) is 12.5 Å². The van der Waals surface area contributed by atoms with Crippen molar-refractivity contribution in [3.63, 3.8) is 0 Å². The summed E-state index contributed by atoms with van der Waals surface area (Å²) in [6, 6.07) is 6.84. The first-order valence-corrected chi connectivity index (χ1v) is 4.71. The highest BCUT2D eigenvalue weighted by atomic mass is 16.2. The lowest BCUT2D eigenvalue weighted by atomic mass is 10.2. The third-order valence-corrected chi connectivity index (χ3v) is 2.26. The third-order valence-electron chi connectivity index (χ3n) is 2.26. The summed E-state index contributed by atoms with van der Waals surface area (Å²) in [6.45, 7) is 1.95. The zero-order chi connectivity index (χ0) is 11.5. The first kappa shape index (κ1) is 10.2. The Hall–Kier alpha value is -2.33. The van der Waals surface area contributed by atoms with Crippen LogP contribution < -0.4 is 4.90 Å². The third kappa shape index (κ3) is 1.74. The second-order valence-electron chi connectivity index (χ2n) is 3.30. The van der Waals surface area contributed by atoms with E-state index in [1.54, 1.807) is 31.2 Å². The van der Waals surface area contributed by atoms with E-state index < -0.39 is 0 Å². The van der Waals surface area contributed by atoms with Crippen LogP contribution in [0.2, 0.25) is 0 Å². The summed E-state index contributed by atoms with van der Waals surface area (Å²) in [5.41, 5.74) is 9.49. The number of carbonyl (C=O) groups is 1. The lowest BCUT2D eigenvalue weighted by Gasteiger charge is -2.16. The van der Waals surface area contributed by atoms with Crippen LogP contribution in [0.25, 0.3) is 10.4 Å². The highest BCUT2D eigenvalue weighted by Gasteiger charge is 2.23. The van der Waals surface area contributed by atoms with Crippen LogP contribution >= 0.6 is 0 Å². The minimum atomic E-state index is -0.0735. The first-order valence-electron chi connectivity index (χ1n) is 4.71. The molecule has 2 rings (SSSR count). The molecule has 1 aromatic rings. The molecule has 0 N–H and O–H groups in total. The number of carbonyl (C=O) groups excluding carboxylic acids is 1. The summed E-state index contributed by atoms with van der Waals surface area (Å²) in [5, 5.41) is 3.49. The van der Waals surface area contributed by atoms with Gasteiger partial charge < -0.3 is 0 Å². The van der Waals surface area contributed by atoms with E-state index in [1.165, 1.54) is 4.90 Å². The maximum Gasteiger partial charge on any atom is 0.254 e. The van der Waals surface area contributed by atoms with Gasteiger partial charge in [0.1, 0.15) is 12.4 Å². The predicted molar refractivity (Wildman–Crippen MR) is 60.7 cm³/mol. The Balaban J connectivity index is 2.40. The largest absolute Gasteiger partial charge is 0.272 e. The monoisotopic (exact) mass is 215 g/mol. The molecule has 1 aromatic carbocycles. The van der Waals surface area contributed by atoms with Crippen LogP contribution in [0.4, 0.5) is 11.4 Å². The van der Waals surface area contributed by atoms with E-state index in [0.29, 0.717) is 17.2 Å². The van der Waals surface area contributed by atoms with Crippen LogP contribution in [0.1, 0.15) is 6.92 Å². The SMILES string of the molecule is CC1=NCC(=O)N1c1cccc(N=[N+]=[N-])c1. The molecule has 0 radical (unpaired) electrons. The van der Waals surface area contributed by atoms with Gasteiger partial charge in [-0.1, -0.05) is 17.2 Å². The molecule has 6 nitrogen and oxygen atoms in total. The number of rotatable bonds is 2. The van der Waals surface area contributed by atoms with Crippen molar-refractivity contribution in [2.75, 3.05) is 11.4 Å². The average Bonchev–Trinajstić information content (AvgIpc) is 2.59. The summed E-state index contributed by atoms with van der Waals surface area (Å²) in [6.07, 6.45) is 0. The zero-order valence-corrected chi connectivity index (χ0v) is 8.66. The van der Waals surface area contributed by atoms with Gasteiger partial charge in [-0.25, -0.2) is 0 Å². The molecule has 0 atom stereocenters. The molecule has 0 saturated heterocycles. The minimum Gasteiger partial charge on any atom is -0.272 e. The van der Waals surface area contributed by atoms with Crippen molar-refractivity contribution < 1.29 is 4.79 Å². The molecule has 0 saturated carbocycles. The molecule has 0 spiro atoms. The van der Waals surface area contributed by atoms with Crippen LogP contribution in [0.5, 0.6) is 0 Å². The average molecular weight is 215 g/mol. The summed E-state index contributed by atoms with van der Waals surface area (Å²) in [5.74, 6) is 0.582. The topological polar surface area (TPSA) is 81.4 Å². The van der Waals surface area contributed by atoms with E-state index in [9.17, 15) is 4.79 Å². The molecule has 0 fully saturated rings. The lowest BCUT2D eigenvalue weighted by Crippen LogP contribution is -2.30. The maximum atomic E-state index is 11.6. The van der Waals surface area contributed by atoms with Gasteiger partial charge in [-0.15, -0.1) is 0 Å². The number of amidine groups is 1. The van der Waals surface area contributed by atoms with Gasteiger partial charge in [0.25, 0.3) is 5.91 Å². The van der Waals surface area contributed by atoms with Crippen molar-refractivity contribution in [1.82, 2.24) is 0 Å². The van der Waals surface area contributed by atoms with Gasteiger partial charge >= 0.3 is 0 Å². The van der Waals surface area contributed by atoms with E-state index in [1.807, 2.05) is 0 Å². The standard InChI is InChI=1S/C10H9N5O/c1-7-12-6-10(16)15(7)9-4-2-3-8(5-9)13-14-11/h2-5H,6H2,1H3. The molecule has 6 heteroatoms. The van der Waals surface area contributed by atoms with Gasteiger partial charge in [0.05, 0.1) is 5.69 Å². The Morgan fingerprint density at radius 3 is 3.00 bits per heavy atom. The van der Waals surface area contributed by atoms with Gasteiger partial charge in [-0.3, -0.25) is 14.7 Å². The molecule has 1 aliphatic heterocycles. The van der Waals surface area contributed by atoms with Crippen molar-refractivity contribution >= 4 is 23.1 Å². The molecular weight excluding hydrogens is 206 g/mol. The number of benzene rings is 1. The zero-order valence-electron chi connectivity index (χ0n) is 8.66. The molecule has 0 aliphatic carbocycles. The molecular formula is C10H9N5O. The van der Waals surface area contributed by atoms with Crippen LogP contribution in [0, 0.1) is 0 Å². The van der Waals surface area contributed by atoms with Crippen molar-refractivity contribution in [2.24, 2.45) is 10.1 Å². The van der Waals surface area contributed by atoms with Crippen molar-refractivity contribution in [1.29, 1.82) is 0 Å². The lowest BCUT2D eigenvalue weighted by molar-refractivity contribution is -0.115. The van der Waals surface area contributed by atoms with E-state index in [0.717, 1.165) is 0 Å². The maximum absolute atomic E-state index is 11.6. The van der Waals surface area contributed by atoms with Crippen LogP contribution in [0.15, 0.2) is 34.4 Å². The van der Waals surface area contributed by atoms with Crippen molar-refractivity contribution in [3.8, 4) is 0 Å². The highest BCUT2D eigenvalue weighted by molar-refractivity contribution is 6.20. The minimum absolute atomic E-state index is 0.0735. The number of anilines is 1. The molecule has 1 amide bonds. The summed E-state index contributed by atoms with van der Waals surface area (Å²) in [4.78, 5) is 19.8. The van der Waals surface area contributed by atoms with Crippen LogP contribution in [-0.2, 0) is 4.79 Å². The van der Waals surface area contributed by atoms with Crippen LogP contribution in [-0.4, -0.2) is 18.3 Å². The second-order valence-corrected chi connectivity index (χ2v) is 3.30. The Morgan fingerprint density at radius 1 is 1.56 bits per heavy atom. The summed E-state index contributed by atoms with van der Waals surface area (Å²) in [7, 11) is 0.